The van der Waals surface area contributed by atoms with E-state index >= 15 is 0 Å². The highest BCUT2D eigenvalue weighted by molar-refractivity contribution is 5.85. The van der Waals surface area contributed by atoms with Crippen molar-refractivity contribution in [3.05, 3.63) is 34.6 Å². The van der Waals surface area contributed by atoms with Crippen molar-refractivity contribution >= 4 is 11.0 Å². The Kier molecular flexibility index (Phi) is 3.07. The van der Waals surface area contributed by atoms with Crippen molar-refractivity contribution in [2.75, 3.05) is 6.54 Å². The quantitative estimate of drug-likeness (QED) is 0.819. The number of hydrogen-bond acceptors (Lipinski definition) is 2. The molecule has 0 atom stereocenters. The van der Waals surface area contributed by atoms with Gasteiger partial charge in [-0.15, -0.1) is 0 Å². The third-order valence-electron chi connectivity index (χ3n) is 4.72. The zero-order valence-corrected chi connectivity index (χ0v) is 12.3. The number of nitrogens with one attached hydrogen (secondary N) is 1. The minimum Gasteiger partial charge on any atom is -0.459 e. The maximum atomic E-state index is 6.21. The van der Waals surface area contributed by atoms with Gasteiger partial charge in [-0.05, 0) is 74.2 Å². The number of hydrogen-bond donors (Lipinski definition) is 1. The van der Waals surface area contributed by atoms with Gasteiger partial charge in [0.15, 0.2) is 0 Å². The summed E-state index contributed by atoms with van der Waals surface area (Å²) in [6.45, 7) is 4.16. The van der Waals surface area contributed by atoms with E-state index in [1.165, 1.54) is 60.8 Å². The van der Waals surface area contributed by atoms with Gasteiger partial charge in [-0.25, -0.2) is 0 Å². The molecule has 2 heteroatoms. The highest BCUT2D eigenvalue weighted by Crippen LogP contribution is 2.47. The third kappa shape index (κ3) is 2.07. The van der Waals surface area contributed by atoms with E-state index in [0.717, 1.165) is 24.6 Å². The topological polar surface area (TPSA) is 25.2 Å². The lowest BCUT2D eigenvalue weighted by Crippen LogP contribution is -2.14. The van der Waals surface area contributed by atoms with Crippen LogP contribution in [0.5, 0.6) is 0 Å². The average molecular weight is 269 g/mol. The summed E-state index contributed by atoms with van der Waals surface area (Å²) in [5.74, 6) is 1.95. The molecule has 1 heterocycles. The van der Waals surface area contributed by atoms with Crippen molar-refractivity contribution in [1.29, 1.82) is 0 Å². The molecule has 1 fully saturated rings. The van der Waals surface area contributed by atoms with Crippen molar-refractivity contribution in [3.8, 4) is 0 Å². The van der Waals surface area contributed by atoms with Gasteiger partial charge in [-0.2, -0.15) is 0 Å². The van der Waals surface area contributed by atoms with E-state index in [0.29, 0.717) is 0 Å². The molecule has 0 spiro atoms. The first-order chi connectivity index (χ1) is 9.86. The predicted molar refractivity (Wildman–Crippen MR) is 82.2 cm³/mol. The molecular formula is C18H23NO. The Balaban J connectivity index is 1.76. The molecule has 2 nitrogen and oxygen atoms in total. The summed E-state index contributed by atoms with van der Waals surface area (Å²) in [7, 11) is 0. The second-order valence-corrected chi connectivity index (χ2v) is 6.36. The van der Waals surface area contributed by atoms with Crippen LogP contribution in [0.15, 0.2) is 16.5 Å². The molecule has 0 radical (unpaired) electrons. The van der Waals surface area contributed by atoms with Gasteiger partial charge in [-0.1, -0.05) is 6.92 Å². The first-order valence-electron chi connectivity index (χ1n) is 8.14. The third-order valence-corrected chi connectivity index (χ3v) is 4.72. The second kappa shape index (κ2) is 4.92. The number of furan rings is 1. The average Bonchev–Trinajstić information content (AvgIpc) is 3.07. The normalized spacial score (nSPS) is 17.9. The van der Waals surface area contributed by atoms with Crippen LogP contribution in [-0.2, 0) is 19.4 Å². The van der Waals surface area contributed by atoms with Crippen molar-refractivity contribution < 1.29 is 4.42 Å². The van der Waals surface area contributed by atoms with Crippen LogP contribution >= 0.6 is 0 Å². The summed E-state index contributed by atoms with van der Waals surface area (Å²) < 4.78 is 6.21. The summed E-state index contributed by atoms with van der Waals surface area (Å²) in [6, 6.07) is 4.74. The van der Waals surface area contributed by atoms with E-state index in [4.69, 9.17) is 4.42 Å². The Bertz CT molecular complexity index is 636. The van der Waals surface area contributed by atoms with Crippen LogP contribution < -0.4 is 5.32 Å². The summed E-state index contributed by atoms with van der Waals surface area (Å²) in [6.07, 6.45) is 7.65. The van der Waals surface area contributed by atoms with Gasteiger partial charge in [0.25, 0.3) is 0 Å². The number of fused-ring (bicyclic) bond motifs is 2. The van der Waals surface area contributed by atoms with E-state index < -0.39 is 0 Å². The van der Waals surface area contributed by atoms with Crippen LogP contribution in [0.4, 0.5) is 0 Å². The second-order valence-electron chi connectivity index (χ2n) is 6.36. The molecule has 4 rings (SSSR count). The molecule has 2 aliphatic rings. The number of benzene rings is 1. The van der Waals surface area contributed by atoms with E-state index in [1.807, 2.05) is 0 Å². The smallest absolute Gasteiger partial charge is 0.134 e. The monoisotopic (exact) mass is 269 g/mol. The molecule has 0 amide bonds. The highest BCUT2D eigenvalue weighted by Gasteiger charge is 2.31. The predicted octanol–water partition coefficient (Wildman–Crippen LogP) is 4.30. The van der Waals surface area contributed by atoms with Crippen molar-refractivity contribution in [2.24, 2.45) is 0 Å². The molecule has 0 bridgehead atoms. The van der Waals surface area contributed by atoms with Gasteiger partial charge in [0.05, 0.1) is 6.54 Å². The molecule has 1 aromatic heterocycles. The SMILES string of the molecule is CCCNCc1oc2cc3c(cc2c1C1CC1)CCC3. The molecule has 20 heavy (non-hydrogen) atoms. The van der Waals surface area contributed by atoms with Crippen molar-refractivity contribution in [2.45, 2.75) is 57.9 Å². The maximum Gasteiger partial charge on any atom is 0.134 e. The zero-order chi connectivity index (χ0) is 13.5. The van der Waals surface area contributed by atoms with Gasteiger partial charge >= 0.3 is 0 Å². The van der Waals surface area contributed by atoms with E-state index in [9.17, 15) is 0 Å². The number of aryl methyl sites for hydroxylation is 2. The van der Waals surface area contributed by atoms with Crippen LogP contribution in [0, 0.1) is 0 Å². The molecule has 1 aromatic carbocycles. The number of rotatable bonds is 5. The molecule has 106 valence electrons. The Morgan fingerprint density at radius 1 is 1.20 bits per heavy atom. The van der Waals surface area contributed by atoms with Crippen molar-refractivity contribution in [1.82, 2.24) is 5.32 Å². The summed E-state index contributed by atoms with van der Waals surface area (Å²) in [5, 5.41) is 4.90. The Hall–Kier alpha value is -1.28. The standard InChI is InChI=1S/C18H23NO/c1-2-8-19-11-17-18(12-6-7-12)15-9-13-4-3-5-14(13)10-16(15)20-17/h9-10,12,19H,2-8,11H2,1H3. The first-order valence-corrected chi connectivity index (χ1v) is 8.14. The molecule has 1 saturated carbocycles. The van der Waals surface area contributed by atoms with Gasteiger partial charge in [-0.3, -0.25) is 0 Å². The van der Waals surface area contributed by atoms with E-state index in [2.05, 4.69) is 24.4 Å². The maximum absolute atomic E-state index is 6.21. The Morgan fingerprint density at radius 2 is 2.00 bits per heavy atom. The van der Waals surface area contributed by atoms with Crippen LogP contribution in [0.2, 0.25) is 0 Å². The highest BCUT2D eigenvalue weighted by atomic mass is 16.3. The van der Waals surface area contributed by atoms with E-state index in [1.54, 1.807) is 5.56 Å². The van der Waals surface area contributed by atoms with Crippen LogP contribution in [-0.4, -0.2) is 6.54 Å². The van der Waals surface area contributed by atoms with Gasteiger partial charge in [0, 0.05) is 10.9 Å². The zero-order valence-electron chi connectivity index (χ0n) is 12.3. The largest absolute Gasteiger partial charge is 0.459 e. The van der Waals surface area contributed by atoms with Crippen LogP contribution in [0.3, 0.4) is 0 Å². The summed E-state index contributed by atoms with van der Waals surface area (Å²) in [4.78, 5) is 0. The lowest BCUT2D eigenvalue weighted by molar-refractivity contribution is 0.507. The Morgan fingerprint density at radius 3 is 2.75 bits per heavy atom. The van der Waals surface area contributed by atoms with Crippen LogP contribution in [0.1, 0.15) is 61.0 Å². The minimum absolute atomic E-state index is 0.758. The summed E-state index contributed by atoms with van der Waals surface area (Å²) >= 11 is 0. The summed E-state index contributed by atoms with van der Waals surface area (Å²) in [5.41, 5.74) is 5.72. The van der Waals surface area contributed by atoms with Gasteiger partial charge in [0.1, 0.15) is 11.3 Å². The molecular weight excluding hydrogens is 246 g/mol. The fourth-order valence-corrected chi connectivity index (χ4v) is 3.56. The van der Waals surface area contributed by atoms with Crippen LogP contribution in [0.25, 0.3) is 11.0 Å². The lowest BCUT2D eigenvalue weighted by atomic mass is 10.0. The molecule has 0 unspecified atom stereocenters. The minimum atomic E-state index is 0.758. The molecule has 1 N–H and O–H groups in total. The first kappa shape index (κ1) is 12.5. The lowest BCUT2D eigenvalue weighted by Gasteiger charge is -2.03. The van der Waals surface area contributed by atoms with Gasteiger partial charge < -0.3 is 9.73 Å². The fourth-order valence-electron chi connectivity index (χ4n) is 3.56. The molecule has 2 aliphatic carbocycles. The molecule has 0 aliphatic heterocycles. The van der Waals surface area contributed by atoms with E-state index in [-0.39, 0.29) is 0 Å². The molecule has 2 aromatic rings. The Labute approximate surface area is 120 Å². The van der Waals surface area contributed by atoms with Gasteiger partial charge in [0.2, 0.25) is 0 Å². The molecule has 0 saturated heterocycles. The fraction of sp³-hybridized carbons (Fsp3) is 0.556. The van der Waals surface area contributed by atoms with Crippen molar-refractivity contribution in [3.63, 3.8) is 0 Å².